The molecule has 17 nitrogen and oxygen atoms in total. The van der Waals surface area contributed by atoms with Gasteiger partial charge in [0.1, 0.15) is 27.0 Å². The highest BCUT2D eigenvalue weighted by Crippen LogP contribution is 2.30. The molecule has 0 radical (unpaired) electrons. The number of aliphatic hydroxyl groups is 2. The molecule has 1 aliphatic heterocycles. The van der Waals surface area contributed by atoms with Crippen LogP contribution in [0.25, 0.3) is 22.1 Å². The summed E-state index contributed by atoms with van der Waals surface area (Å²) in [5.74, 6) is -2.92. The highest BCUT2D eigenvalue weighted by molar-refractivity contribution is 14.1. The summed E-state index contributed by atoms with van der Waals surface area (Å²) in [6, 6.07) is 5.56. The van der Waals surface area contributed by atoms with Crippen molar-refractivity contribution in [3.05, 3.63) is 69.6 Å². The SMILES string of the molecule is CN1C(=O)CCC1=O.C[C@H](O)CNc1nc(Oc2ccc(F)cc2F)nc2[nH]ncc12.C[C@H](O)CNc1nc(Oc2ccc(F)cc2F)nc2n[nH]c(I)c12. The van der Waals surface area contributed by atoms with Crippen LogP contribution < -0.4 is 20.1 Å². The third-order valence-corrected chi connectivity index (χ3v) is 8.04. The first-order valence-electron chi connectivity index (χ1n) is 16.2. The van der Waals surface area contributed by atoms with E-state index < -0.39 is 35.5 Å². The summed E-state index contributed by atoms with van der Waals surface area (Å²) >= 11 is 2.04. The number of nitrogens with zero attached hydrogens (tertiary/aromatic N) is 7. The number of aromatic nitrogens is 8. The van der Waals surface area contributed by atoms with Gasteiger partial charge in [-0.3, -0.25) is 24.7 Å². The second kappa shape index (κ2) is 18.1. The van der Waals surface area contributed by atoms with E-state index in [0.717, 1.165) is 24.3 Å². The first-order valence-corrected chi connectivity index (χ1v) is 17.3. The fourth-order valence-electron chi connectivity index (χ4n) is 4.53. The van der Waals surface area contributed by atoms with Crippen molar-refractivity contribution in [2.75, 3.05) is 30.8 Å². The summed E-state index contributed by atoms with van der Waals surface area (Å²) in [7, 11) is 1.51. The van der Waals surface area contributed by atoms with Crippen LogP contribution in [0.2, 0.25) is 0 Å². The van der Waals surface area contributed by atoms with Crippen LogP contribution in [0.5, 0.6) is 23.5 Å². The molecule has 22 heteroatoms. The lowest BCUT2D eigenvalue weighted by molar-refractivity contribution is -0.136. The predicted molar refractivity (Wildman–Crippen MR) is 196 cm³/mol. The summed E-state index contributed by atoms with van der Waals surface area (Å²) in [6.07, 6.45) is 1.12. The molecule has 1 fully saturated rings. The van der Waals surface area contributed by atoms with Crippen LogP contribution >= 0.6 is 22.6 Å². The Kier molecular flexibility index (Phi) is 13.3. The number of carbonyl (C=O) groups is 2. The van der Waals surface area contributed by atoms with Gasteiger partial charge in [0.2, 0.25) is 11.8 Å². The number of amides is 2. The second-order valence-corrected chi connectivity index (χ2v) is 12.8. The molecule has 4 aromatic heterocycles. The number of anilines is 2. The van der Waals surface area contributed by atoms with Crippen molar-refractivity contribution < 1.29 is 46.8 Å². The van der Waals surface area contributed by atoms with Crippen LogP contribution in [0.1, 0.15) is 26.7 Å². The molecule has 1 saturated heterocycles. The molecule has 2 atom stereocenters. The van der Waals surface area contributed by atoms with E-state index >= 15 is 0 Å². The number of benzene rings is 2. The minimum atomic E-state index is -0.867. The van der Waals surface area contributed by atoms with Crippen molar-refractivity contribution in [3.63, 3.8) is 0 Å². The molecule has 55 heavy (non-hydrogen) atoms. The van der Waals surface area contributed by atoms with E-state index in [4.69, 9.17) is 9.47 Å². The highest BCUT2D eigenvalue weighted by Gasteiger charge is 2.24. The molecule has 2 amide bonds. The third kappa shape index (κ3) is 10.7. The van der Waals surface area contributed by atoms with E-state index in [1.54, 1.807) is 13.8 Å². The lowest BCUT2D eigenvalue weighted by atomic mass is 10.3. The van der Waals surface area contributed by atoms with E-state index in [0.29, 0.717) is 62.4 Å². The Morgan fingerprint density at radius 1 is 0.818 bits per heavy atom. The fourth-order valence-corrected chi connectivity index (χ4v) is 5.15. The molecule has 7 rings (SSSR count). The molecule has 1 aliphatic rings. The van der Waals surface area contributed by atoms with E-state index in [2.05, 4.69) is 51.0 Å². The van der Waals surface area contributed by atoms with Gasteiger partial charge in [-0.05, 0) is 60.7 Å². The number of H-pyrrole nitrogens is 2. The molecular weight excluding hydrogens is 849 g/mol. The molecule has 0 unspecified atom stereocenters. The molecule has 0 saturated carbocycles. The van der Waals surface area contributed by atoms with Crippen LogP contribution in [0.4, 0.5) is 29.2 Å². The summed E-state index contributed by atoms with van der Waals surface area (Å²) in [6.45, 7) is 3.74. The Morgan fingerprint density at radius 2 is 1.35 bits per heavy atom. The quantitative estimate of drug-likeness (QED) is 0.0617. The number of fused-ring (bicyclic) bond motifs is 2. The number of rotatable bonds is 10. The lowest BCUT2D eigenvalue weighted by Crippen LogP contribution is -2.23. The Balaban J connectivity index is 0.000000176. The van der Waals surface area contributed by atoms with Gasteiger partial charge in [0.15, 0.2) is 34.4 Å². The number of halogens is 5. The minimum Gasteiger partial charge on any atom is -0.421 e. The van der Waals surface area contributed by atoms with Crippen molar-refractivity contribution in [2.24, 2.45) is 0 Å². The van der Waals surface area contributed by atoms with Gasteiger partial charge in [0, 0.05) is 45.1 Å². The van der Waals surface area contributed by atoms with E-state index in [9.17, 15) is 37.4 Å². The molecular formula is C33H32F4IN11O6. The Labute approximate surface area is 322 Å². The van der Waals surface area contributed by atoms with Crippen LogP contribution in [-0.2, 0) is 9.59 Å². The summed E-state index contributed by atoms with van der Waals surface area (Å²) in [5, 5.41) is 39.2. The molecule has 0 aliphatic carbocycles. The van der Waals surface area contributed by atoms with Crippen molar-refractivity contribution >= 4 is 68.1 Å². The first kappa shape index (κ1) is 40.4. The van der Waals surface area contributed by atoms with Gasteiger partial charge in [-0.15, -0.1) is 0 Å². The molecule has 6 N–H and O–H groups in total. The van der Waals surface area contributed by atoms with Crippen molar-refractivity contribution in [1.82, 2.24) is 45.2 Å². The number of likely N-dealkylation sites (tertiary alicyclic amines) is 1. The maximum absolute atomic E-state index is 13.7. The number of hydrogen-bond acceptors (Lipinski definition) is 14. The number of aliphatic hydroxyl groups excluding tert-OH is 2. The fraction of sp³-hybridized carbons (Fsp3) is 0.273. The Morgan fingerprint density at radius 3 is 1.85 bits per heavy atom. The van der Waals surface area contributed by atoms with E-state index in [1.807, 2.05) is 22.6 Å². The van der Waals surface area contributed by atoms with Crippen molar-refractivity contribution in [2.45, 2.75) is 38.9 Å². The Bertz CT molecular complexity index is 2290. The average Bonchev–Trinajstić information content (AvgIpc) is 3.84. The molecule has 0 spiro atoms. The van der Waals surface area contributed by atoms with Crippen LogP contribution in [0.15, 0.2) is 42.6 Å². The topological polar surface area (TPSA) is 229 Å². The number of nitrogens with one attached hydrogen (secondary N) is 4. The summed E-state index contributed by atoms with van der Waals surface area (Å²) in [4.78, 5) is 38.6. The maximum atomic E-state index is 13.7. The minimum absolute atomic E-state index is 0.0602. The molecule has 0 bridgehead atoms. The van der Waals surface area contributed by atoms with Crippen LogP contribution in [0, 0.1) is 27.0 Å². The number of hydrogen-bond donors (Lipinski definition) is 6. The van der Waals surface area contributed by atoms with Crippen molar-refractivity contribution in [3.8, 4) is 23.5 Å². The normalized spacial score (nSPS) is 13.5. The Hall–Kier alpha value is -5.75. The number of carbonyl (C=O) groups excluding carboxylic acids is 2. The van der Waals surface area contributed by atoms with Crippen LogP contribution in [-0.4, -0.2) is 99.6 Å². The highest BCUT2D eigenvalue weighted by atomic mass is 127. The molecule has 290 valence electrons. The van der Waals surface area contributed by atoms with E-state index in [-0.39, 0.29) is 48.4 Å². The number of aromatic amines is 2. The number of imide groups is 1. The van der Waals surface area contributed by atoms with Gasteiger partial charge in [-0.25, -0.2) is 17.6 Å². The molecule has 5 heterocycles. The van der Waals surface area contributed by atoms with Gasteiger partial charge in [0.25, 0.3) is 0 Å². The van der Waals surface area contributed by atoms with Gasteiger partial charge >= 0.3 is 12.0 Å². The zero-order valence-corrected chi connectivity index (χ0v) is 31.2. The lowest BCUT2D eigenvalue weighted by Gasteiger charge is -2.10. The van der Waals surface area contributed by atoms with Gasteiger partial charge in [0.05, 0.1) is 29.2 Å². The monoisotopic (exact) mass is 881 g/mol. The zero-order valence-electron chi connectivity index (χ0n) is 29.1. The molecule has 6 aromatic rings. The standard InChI is InChI=1S/C14H12F2IN5O2.C14H13F2N5O2.C5H7NO2/c1-6(23)5-18-12-10-11(17)21-22-13(10)20-14(19-12)24-9-3-2-7(15)4-8(9)16;1-7(22)5-17-12-9-6-18-21-13(9)20-14(19-12)23-11-3-2-8(15)4-10(11)16;1-6-4(7)2-3-5(6)8/h2-4,6,23H,5H2,1H3,(H2,18,19,20,21,22);2-4,6-7,22H,5H2,1H3,(H2,17,18,19,20,21);2-3H2,1H3/t6-;7-;/m00./s1. The zero-order chi connectivity index (χ0) is 39.8. The third-order valence-electron chi connectivity index (χ3n) is 7.26. The smallest absolute Gasteiger partial charge is 0.326 e. The van der Waals surface area contributed by atoms with E-state index in [1.165, 1.54) is 18.1 Å². The van der Waals surface area contributed by atoms with Crippen molar-refractivity contribution in [1.29, 1.82) is 0 Å². The van der Waals surface area contributed by atoms with Gasteiger partial charge < -0.3 is 30.3 Å². The second-order valence-electron chi connectivity index (χ2n) is 11.7. The molecule has 2 aromatic carbocycles. The largest absolute Gasteiger partial charge is 0.421 e. The summed E-state index contributed by atoms with van der Waals surface area (Å²) in [5.41, 5.74) is 0.700. The predicted octanol–water partition coefficient (Wildman–Crippen LogP) is 4.80. The average molecular weight is 882 g/mol. The van der Waals surface area contributed by atoms with Gasteiger partial charge in [-0.2, -0.15) is 30.1 Å². The summed E-state index contributed by atoms with van der Waals surface area (Å²) < 4.78 is 64.5. The first-order chi connectivity index (χ1) is 26.2. The maximum Gasteiger partial charge on any atom is 0.326 e. The van der Waals surface area contributed by atoms with Crippen LogP contribution in [0.3, 0.4) is 0 Å². The van der Waals surface area contributed by atoms with Gasteiger partial charge in [-0.1, -0.05) is 0 Å². The number of ether oxygens (including phenoxy) is 2.